The highest BCUT2D eigenvalue weighted by molar-refractivity contribution is 5.99. The van der Waals surface area contributed by atoms with Crippen LogP contribution in [0.15, 0.2) is 42.5 Å². The third-order valence-electron chi connectivity index (χ3n) is 4.09. The Balaban J connectivity index is 1.93. The summed E-state index contributed by atoms with van der Waals surface area (Å²) in [6.07, 6.45) is 0. The number of carboxylic acids is 1. The number of carboxylic acid groups (broad SMARTS) is 1. The van der Waals surface area contributed by atoms with Crippen molar-refractivity contribution in [2.45, 2.75) is 20.4 Å². The van der Waals surface area contributed by atoms with Crippen LogP contribution in [0.1, 0.15) is 37.5 Å². The highest BCUT2D eigenvalue weighted by Crippen LogP contribution is 2.24. The quantitative estimate of drug-likeness (QED) is 0.688. The number of aromatic amines is 1. The maximum Gasteiger partial charge on any atom is 0.352 e. The molecule has 0 unspecified atom stereocenters. The van der Waals surface area contributed by atoms with Crippen molar-refractivity contribution in [1.29, 1.82) is 0 Å². The van der Waals surface area contributed by atoms with Gasteiger partial charge in [0.1, 0.15) is 5.69 Å². The second kappa shape index (κ2) is 6.20. The van der Waals surface area contributed by atoms with Crippen LogP contribution < -0.4 is 5.32 Å². The van der Waals surface area contributed by atoms with Crippen LogP contribution in [0, 0.1) is 13.8 Å². The summed E-state index contributed by atoms with van der Waals surface area (Å²) in [5.74, 6) is -1.25. The number of amides is 1. The van der Waals surface area contributed by atoms with Gasteiger partial charge in [0.05, 0.1) is 0 Å². The van der Waals surface area contributed by atoms with Crippen LogP contribution in [-0.4, -0.2) is 22.0 Å². The Morgan fingerprint density at radius 2 is 1.88 bits per heavy atom. The Hall–Kier alpha value is -3.08. The number of carbonyl (C=O) groups is 2. The number of carbonyl (C=O) groups excluding carboxylic acids is 1. The topological polar surface area (TPSA) is 82.2 Å². The summed E-state index contributed by atoms with van der Waals surface area (Å²) >= 11 is 0. The maximum absolute atomic E-state index is 12.4. The van der Waals surface area contributed by atoms with Gasteiger partial charge in [-0.1, -0.05) is 29.8 Å². The number of hydrogen-bond acceptors (Lipinski definition) is 2. The predicted molar refractivity (Wildman–Crippen MR) is 92.3 cm³/mol. The molecule has 24 heavy (non-hydrogen) atoms. The third kappa shape index (κ3) is 2.88. The molecular weight excluding hydrogens is 304 g/mol. The lowest BCUT2D eigenvalue weighted by molar-refractivity contribution is 0.0689. The number of fused-ring (bicyclic) bond motifs is 1. The lowest BCUT2D eigenvalue weighted by Crippen LogP contribution is -2.24. The summed E-state index contributed by atoms with van der Waals surface area (Å²) in [5.41, 5.74) is 3.94. The first-order valence-corrected chi connectivity index (χ1v) is 7.65. The average molecular weight is 322 g/mol. The van der Waals surface area contributed by atoms with Crippen molar-refractivity contribution in [3.63, 3.8) is 0 Å². The number of aryl methyl sites for hydroxylation is 2. The molecular formula is C19H18N2O3. The van der Waals surface area contributed by atoms with Gasteiger partial charge in [0.2, 0.25) is 0 Å². The normalized spacial score (nSPS) is 10.8. The molecule has 0 fully saturated rings. The lowest BCUT2D eigenvalue weighted by Gasteiger charge is -2.08. The van der Waals surface area contributed by atoms with E-state index in [1.54, 1.807) is 12.1 Å². The fourth-order valence-electron chi connectivity index (χ4n) is 2.82. The number of rotatable bonds is 4. The van der Waals surface area contributed by atoms with E-state index in [2.05, 4.69) is 10.3 Å². The largest absolute Gasteiger partial charge is 0.477 e. The van der Waals surface area contributed by atoms with E-state index in [1.807, 2.05) is 44.2 Å². The van der Waals surface area contributed by atoms with E-state index in [0.29, 0.717) is 11.1 Å². The summed E-state index contributed by atoms with van der Waals surface area (Å²) in [5, 5.41) is 13.1. The van der Waals surface area contributed by atoms with E-state index in [4.69, 9.17) is 0 Å². The van der Waals surface area contributed by atoms with Gasteiger partial charge < -0.3 is 15.4 Å². The minimum Gasteiger partial charge on any atom is -0.477 e. The van der Waals surface area contributed by atoms with E-state index in [9.17, 15) is 14.7 Å². The van der Waals surface area contributed by atoms with Crippen molar-refractivity contribution in [3.8, 4) is 0 Å². The summed E-state index contributed by atoms with van der Waals surface area (Å²) in [7, 11) is 0. The Kier molecular flexibility index (Phi) is 4.08. The molecule has 5 heteroatoms. The van der Waals surface area contributed by atoms with Crippen molar-refractivity contribution in [1.82, 2.24) is 10.3 Å². The number of nitrogens with one attached hydrogen (secondary N) is 2. The molecule has 0 bridgehead atoms. The van der Waals surface area contributed by atoms with Crippen molar-refractivity contribution in [2.75, 3.05) is 0 Å². The molecule has 3 N–H and O–H groups in total. The number of aromatic carboxylic acids is 1. The van der Waals surface area contributed by atoms with Crippen molar-refractivity contribution >= 4 is 22.8 Å². The molecule has 3 rings (SSSR count). The Morgan fingerprint density at radius 1 is 1.12 bits per heavy atom. The van der Waals surface area contributed by atoms with E-state index >= 15 is 0 Å². The van der Waals surface area contributed by atoms with Crippen molar-refractivity contribution < 1.29 is 14.7 Å². The number of aromatic nitrogens is 1. The molecule has 122 valence electrons. The molecule has 0 aliphatic heterocycles. The molecule has 0 radical (unpaired) electrons. The van der Waals surface area contributed by atoms with E-state index in [0.717, 1.165) is 22.0 Å². The highest BCUT2D eigenvalue weighted by atomic mass is 16.4. The molecule has 0 atom stereocenters. The first-order chi connectivity index (χ1) is 11.5. The molecule has 5 nitrogen and oxygen atoms in total. The minimum absolute atomic E-state index is 0.112. The smallest absolute Gasteiger partial charge is 0.352 e. The molecule has 0 saturated heterocycles. The highest BCUT2D eigenvalue weighted by Gasteiger charge is 2.18. The van der Waals surface area contributed by atoms with E-state index in [-0.39, 0.29) is 18.1 Å². The van der Waals surface area contributed by atoms with Crippen molar-refractivity contribution in [3.05, 3.63) is 70.4 Å². The Bertz CT molecular complexity index is 941. The second-order valence-corrected chi connectivity index (χ2v) is 5.83. The van der Waals surface area contributed by atoms with Gasteiger partial charge in [-0.25, -0.2) is 4.79 Å². The molecule has 0 aliphatic rings. The van der Waals surface area contributed by atoms with Crippen LogP contribution in [0.5, 0.6) is 0 Å². The summed E-state index contributed by atoms with van der Waals surface area (Å²) < 4.78 is 0. The Morgan fingerprint density at radius 3 is 2.58 bits per heavy atom. The van der Waals surface area contributed by atoms with Crippen LogP contribution in [0.25, 0.3) is 10.9 Å². The molecule has 1 aromatic heterocycles. The van der Waals surface area contributed by atoms with Gasteiger partial charge in [-0.2, -0.15) is 0 Å². The van der Waals surface area contributed by atoms with Crippen LogP contribution in [0.3, 0.4) is 0 Å². The minimum atomic E-state index is -1.04. The molecule has 2 aromatic carbocycles. The molecule has 1 heterocycles. The van der Waals surface area contributed by atoms with Gasteiger partial charge in [-0.15, -0.1) is 0 Å². The molecule has 0 saturated carbocycles. The first kappa shape index (κ1) is 15.8. The SMILES string of the molecule is Cc1ccc2[nH]c(C(=O)O)c(CNC(=O)c3ccccc3C)c2c1. The van der Waals surface area contributed by atoms with Gasteiger partial charge in [0.25, 0.3) is 5.91 Å². The monoisotopic (exact) mass is 322 g/mol. The van der Waals surface area contributed by atoms with Crippen LogP contribution in [0.2, 0.25) is 0 Å². The molecule has 0 aliphatic carbocycles. The van der Waals surface area contributed by atoms with Crippen molar-refractivity contribution in [2.24, 2.45) is 0 Å². The van der Waals surface area contributed by atoms with Gasteiger partial charge in [0, 0.05) is 28.6 Å². The number of benzene rings is 2. The van der Waals surface area contributed by atoms with E-state index in [1.165, 1.54) is 0 Å². The Labute approximate surface area is 139 Å². The number of hydrogen-bond donors (Lipinski definition) is 3. The zero-order valence-electron chi connectivity index (χ0n) is 13.5. The third-order valence-corrected chi connectivity index (χ3v) is 4.09. The average Bonchev–Trinajstić information content (AvgIpc) is 2.91. The predicted octanol–water partition coefficient (Wildman–Crippen LogP) is 3.41. The standard InChI is InChI=1S/C19H18N2O3/c1-11-7-8-16-14(9-11)15(17(21-16)19(23)24)10-20-18(22)13-6-4-3-5-12(13)2/h3-9,21H,10H2,1-2H3,(H,20,22)(H,23,24). The zero-order chi connectivity index (χ0) is 17.3. The molecule has 0 spiro atoms. The first-order valence-electron chi connectivity index (χ1n) is 7.65. The molecule has 3 aromatic rings. The molecule has 1 amide bonds. The van der Waals surface area contributed by atoms with E-state index < -0.39 is 5.97 Å². The van der Waals surface area contributed by atoms with Crippen LogP contribution >= 0.6 is 0 Å². The number of H-pyrrole nitrogens is 1. The van der Waals surface area contributed by atoms with Gasteiger partial charge in [0.15, 0.2) is 0 Å². The second-order valence-electron chi connectivity index (χ2n) is 5.83. The van der Waals surface area contributed by atoms with Crippen LogP contribution in [0.4, 0.5) is 0 Å². The maximum atomic E-state index is 12.4. The van der Waals surface area contributed by atoms with Crippen LogP contribution in [-0.2, 0) is 6.54 Å². The summed E-state index contributed by atoms with van der Waals surface area (Å²) in [4.78, 5) is 26.8. The zero-order valence-corrected chi connectivity index (χ0v) is 13.5. The fraction of sp³-hybridized carbons (Fsp3) is 0.158. The summed E-state index contributed by atoms with van der Waals surface area (Å²) in [6.45, 7) is 3.97. The van der Waals surface area contributed by atoms with Gasteiger partial charge >= 0.3 is 5.97 Å². The fourth-order valence-corrected chi connectivity index (χ4v) is 2.82. The summed E-state index contributed by atoms with van der Waals surface area (Å²) in [6, 6.07) is 13.0. The van der Waals surface area contributed by atoms with Gasteiger partial charge in [-0.3, -0.25) is 4.79 Å². The van der Waals surface area contributed by atoms with Gasteiger partial charge in [-0.05, 0) is 37.6 Å². The lowest BCUT2D eigenvalue weighted by atomic mass is 10.1.